The molecule has 1 rings (SSSR count). The fourth-order valence-electron chi connectivity index (χ4n) is 0.471. The number of rotatable bonds is 0. The van der Waals surface area contributed by atoms with E-state index >= 15 is 0 Å². The number of hydrogen-bond acceptors (Lipinski definition) is 2. The molecule has 0 aromatic rings. The van der Waals surface area contributed by atoms with Crippen LogP contribution in [-0.4, -0.2) is 28.6 Å². The van der Waals surface area contributed by atoms with Crippen LogP contribution < -0.4 is 0 Å². The van der Waals surface area contributed by atoms with E-state index in [1.165, 1.54) is 5.75 Å². The number of nitrogens with zero attached hydrogens (tertiary/aromatic N) is 1. The standard InChI is InChI=1S/C4H7NS2.C4H10/c1-5-2-3-7-4(5)6;1-4(2)3/h2-3H2,1H3;4H,1-3H3. The van der Waals surface area contributed by atoms with Gasteiger partial charge in [0.15, 0.2) is 0 Å². The van der Waals surface area contributed by atoms with Gasteiger partial charge in [-0.05, 0) is 5.92 Å². The Morgan fingerprint density at radius 1 is 1.45 bits per heavy atom. The van der Waals surface area contributed by atoms with E-state index in [9.17, 15) is 0 Å². The second-order valence-corrected chi connectivity index (χ2v) is 5.00. The Labute approximate surface area is 79.5 Å². The van der Waals surface area contributed by atoms with E-state index in [-0.39, 0.29) is 0 Å². The van der Waals surface area contributed by atoms with Crippen LogP contribution in [0.2, 0.25) is 0 Å². The zero-order valence-corrected chi connectivity index (χ0v) is 9.39. The van der Waals surface area contributed by atoms with Crippen molar-refractivity contribution in [2.75, 3.05) is 19.3 Å². The highest BCUT2D eigenvalue weighted by molar-refractivity contribution is 8.23. The molecule has 0 atom stereocenters. The van der Waals surface area contributed by atoms with Gasteiger partial charge in [-0.1, -0.05) is 44.8 Å². The van der Waals surface area contributed by atoms with Crippen LogP contribution in [0.4, 0.5) is 0 Å². The average molecular weight is 191 g/mol. The van der Waals surface area contributed by atoms with E-state index in [0.29, 0.717) is 0 Å². The van der Waals surface area contributed by atoms with Crippen molar-refractivity contribution in [2.24, 2.45) is 5.92 Å². The Morgan fingerprint density at radius 2 is 1.91 bits per heavy atom. The van der Waals surface area contributed by atoms with Gasteiger partial charge in [0.2, 0.25) is 0 Å². The predicted molar refractivity (Wildman–Crippen MR) is 58.2 cm³/mol. The zero-order valence-electron chi connectivity index (χ0n) is 7.76. The summed E-state index contributed by atoms with van der Waals surface area (Å²) in [5.74, 6) is 2.01. The van der Waals surface area contributed by atoms with Gasteiger partial charge in [-0.25, -0.2) is 0 Å². The van der Waals surface area contributed by atoms with E-state index in [0.717, 1.165) is 16.8 Å². The molecule has 1 heterocycles. The van der Waals surface area contributed by atoms with Crippen LogP contribution in [-0.2, 0) is 0 Å². The Morgan fingerprint density at radius 3 is 2.00 bits per heavy atom. The summed E-state index contributed by atoms with van der Waals surface area (Å²) in [6.07, 6.45) is 0. The van der Waals surface area contributed by atoms with Gasteiger partial charge in [0.1, 0.15) is 4.32 Å². The van der Waals surface area contributed by atoms with E-state index < -0.39 is 0 Å². The predicted octanol–water partition coefficient (Wildman–Crippen LogP) is 2.61. The van der Waals surface area contributed by atoms with Gasteiger partial charge in [-0.15, -0.1) is 0 Å². The molecule has 0 unspecified atom stereocenters. The van der Waals surface area contributed by atoms with E-state index in [4.69, 9.17) is 12.2 Å². The topological polar surface area (TPSA) is 3.24 Å². The third-order valence-electron chi connectivity index (χ3n) is 0.964. The van der Waals surface area contributed by atoms with Gasteiger partial charge >= 0.3 is 0 Å². The molecule has 0 spiro atoms. The zero-order chi connectivity index (χ0) is 8.85. The second-order valence-electron chi connectivity index (χ2n) is 3.27. The number of thioether (sulfide) groups is 1. The second kappa shape index (κ2) is 5.84. The first-order valence-electron chi connectivity index (χ1n) is 3.92. The van der Waals surface area contributed by atoms with Gasteiger partial charge in [0.25, 0.3) is 0 Å². The van der Waals surface area contributed by atoms with Gasteiger partial charge in [0, 0.05) is 19.3 Å². The lowest BCUT2D eigenvalue weighted by molar-refractivity contribution is 0.572. The molecule has 0 aliphatic carbocycles. The lowest BCUT2D eigenvalue weighted by Gasteiger charge is -2.05. The molecular formula is C8H17NS2. The van der Waals surface area contributed by atoms with Crippen molar-refractivity contribution in [3.63, 3.8) is 0 Å². The SMILES string of the molecule is CC(C)C.CN1CCSC1=S. The fraction of sp³-hybridized carbons (Fsp3) is 0.875. The van der Waals surface area contributed by atoms with Crippen molar-refractivity contribution in [3.8, 4) is 0 Å². The van der Waals surface area contributed by atoms with Crippen molar-refractivity contribution in [2.45, 2.75) is 20.8 Å². The highest BCUT2D eigenvalue weighted by Gasteiger charge is 2.10. The highest BCUT2D eigenvalue weighted by Crippen LogP contribution is 2.14. The molecule has 0 aromatic heterocycles. The monoisotopic (exact) mass is 191 g/mol. The molecule has 11 heavy (non-hydrogen) atoms. The molecule has 0 N–H and O–H groups in total. The van der Waals surface area contributed by atoms with E-state index in [1.54, 1.807) is 11.8 Å². The average Bonchev–Trinajstić information content (AvgIpc) is 2.15. The van der Waals surface area contributed by atoms with Crippen molar-refractivity contribution >= 4 is 28.3 Å². The number of hydrogen-bond donors (Lipinski definition) is 0. The van der Waals surface area contributed by atoms with E-state index in [1.807, 2.05) is 7.05 Å². The van der Waals surface area contributed by atoms with Crippen LogP contribution in [0.5, 0.6) is 0 Å². The minimum absolute atomic E-state index is 0.833. The maximum absolute atomic E-state index is 4.93. The summed E-state index contributed by atoms with van der Waals surface area (Å²) in [6.45, 7) is 7.63. The van der Waals surface area contributed by atoms with Crippen LogP contribution in [0.25, 0.3) is 0 Å². The molecule has 0 bridgehead atoms. The fourth-order valence-corrected chi connectivity index (χ4v) is 1.66. The molecule has 0 aromatic carbocycles. The Bertz CT molecular complexity index is 121. The van der Waals surface area contributed by atoms with Crippen molar-refractivity contribution < 1.29 is 0 Å². The summed E-state index contributed by atoms with van der Waals surface area (Å²) in [5.41, 5.74) is 0. The van der Waals surface area contributed by atoms with Crippen LogP contribution in [0, 0.1) is 5.92 Å². The van der Waals surface area contributed by atoms with Gasteiger partial charge in [-0.3, -0.25) is 0 Å². The maximum atomic E-state index is 4.93. The first kappa shape index (κ1) is 11.2. The van der Waals surface area contributed by atoms with Gasteiger partial charge in [0.05, 0.1) is 0 Å². The summed E-state index contributed by atoms with van der Waals surface area (Å²) in [7, 11) is 2.03. The molecule has 1 aliphatic heterocycles. The Hall–Kier alpha value is 0.240. The smallest absolute Gasteiger partial charge is 0.136 e. The molecule has 0 saturated carbocycles. The quantitative estimate of drug-likeness (QED) is 0.542. The minimum atomic E-state index is 0.833. The van der Waals surface area contributed by atoms with Crippen LogP contribution in [0.15, 0.2) is 0 Å². The summed E-state index contributed by atoms with van der Waals surface area (Å²) >= 11 is 6.69. The van der Waals surface area contributed by atoms with Crippen molar-refractivity contribution in [3.05, 3.63) is 0 Å². The molecule has 3 heteroatoms. The molecule has 66 valence electrons. The van der Waals surface area contributed by atoms with Crippen LogP contribution in [0.3, 0.4) is 0 Å². The van der Waals surface area contributed by atoms with Crippen LogP contribution >= 0.6 is 24.0 Å². The molecule has 1 saturated heterocycles. The molecular weight excluding hydrogens is 174 g/mol. The summed E-state index contributed by atoms with van der Waals surface area (Å²) in [5, 5.41) is 0. The normalized spacial score (nSPS) is 16.8. The van der Waals surface area contributed by atoms with Gasteiger partial charge in [-0.2, -0.15) is 0 Å². The summed E-state index contributed by atoms with van der Waals surface area (Å²) in [6, 6.07) is 0. The van der Waals surface area contributed by atoms with Crippen LogP contribution in [0.1, 0.15) is 20.8 Å². The summed E-state index contributed by atoms with van der Waals surface area (Å²) in [4.78, 5) is 2.10. The Kier molecular flexibility index (Phi) is 5.96. The lowest BCUT2D eigenvalue weighted by Crippen LogP contribution is -2.15. The Balaban J connectivity index is 0.000000218. The van der Waals surface area contributed by atoms with Crippen molar-refractivity contribution in [1.82, 2.24) is 4.90 Å². The molecule has 1 aliphatic rings. The number of thiocarbonyl (C=S) groups is 1. The summed E-state index contributed by atoms with van der Waals surface area (Å²) < 4.78 is 1.04. The third-order valence-corrected chi connectivity index (χ3v) is 2.57. The molecule has 1 nitrogen and oxygen atoms in total. The first-order chi connectivity index (χ1) is 5.04. The van der Waals surface area contributed by atoms with Gasteiger partial charge < -0.3 is 4.90 Å². The van der Waals surface area contributed by atoms with E-state index in [2.05, 4.69) is 25.7 Å². The maximum Gasteiger partial charge on any atom is 0.136 e. The molecule has 1 fully saturated rings. The third kappa shape index (κ3) is 6.63. The highest BCUT2D eigenvalue weighted by atomic mass is 32.2. The molecule has 0 radical (unpaired) electrons. The minimum Gasteiger partial charge on any atom is -0.360 e. The lowest BCUT2D eigenvalue weighted by atomic mass is 10.3. The largest absolute Gasteiger partial charge is 0.360 e. The molecule has 0 amide bonds. The van der Waals surface area contributed by atoms with Crippen molar-refractivity contribution in [1.29, 1.82) is 0 Å². The first-order valence-corrected chi connectivity index (χ1v) is 5.31.